The molecule has 108 valence electrons. The lowest BCUT2D eigenvalue weighted by molar-refractivity contribution is 0.405. The van der Waals surface area contributed by atoms with Crippen molar-refractivity contribution < 1.29 is 8.94 Å². The second-order valence-corrected chi connectivity index (χ2v) is 4.73. The summed E-state index contributed by atoms with van der Waals surface area (Å²) in [6.07, 6.45) is 1.55. The summed E-state index contributed by atoms with van der Waals surface area (Å²) < 4.78 is 11.7. The lowest BCUT2D eigenvalue weighted by atomic mass is 10.2. The Hall–Kier alpha value is -3.22. The summed E-state index contributed by atoms with van der Waals surface area (Å²) in [6.45, 7) is 0.181. The number of fused-ring (bicyclic) bond motifs is 1. The Bertz CT molecular complexity index is 985. The first-order chi connectivity index (χ1) is 10.8. The van der Waals surface area contributed by atoms with Crippen molar-refractivity contribution >= 4 is 10.9 Å². The Labute approximate surface area is 123 Å². The van der Waals surface area contributed by atoms with Gasteiger partial charge in [-0.3, -0.25) is 4.79 Å². The van der Waals surface area contributed by atoms with Gasteiger partial charge in [0.25, 0.3) is 5.56 Å². The first-order valence-electron chi connectivity index (χ1n) is 6.63. The molecule has 0 saturated carbocycles. The lowest BCUT2D eigenvalue weighted by Crippen LogP contribution is -2.24. The van der Waals surface area contributed by atoms with Crippen LogP contribution in [0.5, 0.6) is 0 Å². The van der Waals surface area contributed by atoms with Crippen LogP contribution in [-0.4, -0.2) is 20.2 Å². The fourth-order valence-corrected chi connectivity index (χ4v) is 2.20. The fourth-order valence-electron chi connectivity index (χ4n) is 2.20. The highest BCUT2D eigenvalue weighted by Crippen LogP contribution is 2.20. The third-order valence-corrected chi connectivity index (χ3v) is 3.26. The molecular weight excluding hydrogens is 284 g/mol. The first-order valence-corrected chi connectivity index (χ1v) is 6.63. The Balaban J connectivity index is 1.69. The minimum atomic E-state index is -0.215. The third kappa shape index (κ3) is 2.08. The summed E-state index contributed by atoms with van der Waals surface area (Å²) in [6, 6.07) is 12.3. The molecule has 1 aromatic carbocycles. The van der Waals surface area contributed by atoms with Crippen molar-refractivity contribution in [3.8, 4) is 11.5 Å². The summed E-state index contributed by atoms with van der Waals surface area (Å²) in [5, 5.41) is 12.4. The average molecular weight is 294 g/mol. The van der Waals surface area contributed by atoms with Gasteiger partial charge >= 0.3 is 0 Å². The third-order valence-electron chi connectivity index (χ3n) is 3.26. The van der Waals surface area contributed by atoms with Crippen LogP contribution < -0.4 is 5.56 Å². The molecule has 0 fully saturated rings. The molecule has 0 aliphatic rings. The van der Waals surface area contributed by atoms with Gasteiger partial charge in [0.2, 0.25) is 5.76 Å². The van der Waals surface area contributed by atoms with Gasteiger partial charge < -0.3 is 8.94 Å². The molecule has 4 rings (SSSR count). The van der Waals surface area contributed by atoms with E-state index in [0.29, 0.717) is 28.1 Å². The Morgan fingerprint density at radius 3 is 2.86 bits per heavy atom. The molecule has 4 aromatic rings. The predicted octanol–water partition coefficient (Wildman–Crippen LogP) is 2.09. The Morgan fingerprint density at radius 2 is 2.00 bits per heavy atom. The molecule has 0 aliphatic carbocycles. The summed E-state index contributed by atoms with van der Waals surface area (Å²) in [7, 11) is 0. The van der Waals surface area contributed by atoms with Crippen LogP contribution >= 0.6 is 0 Å². The Kier molecular flexibility index (Phi) is 2.82. The number of aromatic nitrogens is 4. The summed E-state index contributed by atoms with van der Waals surface area (Å²) >= 11 is 0. The number of hydrogen-bond donors (Lipinski definition) is 0. The van der Waals surface area contributed by atoms with E-state index in [-0.39, 0.29) is 12.1 Å². The summed E-state index contributed by atoms with van der Waals surface area (Å²) in [5.41, 5.74) is 0.923. The van der Waals surface area contributed by atoms with Gasteiger partial charge in [0, 0.05) is 6.07 Å². The molecule has 3 heterocycles. The topological polar surface area (TPSA) is 87.0 Å². The van der Waals surface area contributed by atoms with E-state index in [9.17, 15) is 4.79 Å². The van der Waals surface area contributed by atoms with Crippen LogP contribution in [0.2, 0.25) is 0 Å². The van der Waals surface area contributed by atoms with E-state index in [4.69, 9.17) is 8.94 Å². The maximum atomic E-state index is 12.4. The zero-order valence-electron chi connectivity index (χ0n) is 11.3. The SMILES string of the molecule is O=c1c2ccccc2nnn1Cc1cc(-c2ccco2)on1. The smallest absolute Gasteiger partial charge is 0.277 e. The van der Waals surface area contributed by atoms with Crippen LogP contribution in [0.3, 0.4) is 0 Å². The number of hydrogen-bond acceptors (Lipinski definition) is 6. The predicted molar refractivity (Wildman–Crippen MR) is 77.1 cm³/mol. The van der Waals surface area contributed by atoms with Gasteiger partial charge in [-0.15, -0.1) is 5.10 Å². The van der Waals surface area contributed by atoms with Crippen LogP contribution in [0, 0.1) is 0 Å². The van der Waals surface area contributed by atoms with E-state index < -0.39 is 0 Å². The van der Waals surface area contributed by atoms with Crippen molar-refractivity contribution in [2.75, 3.05) is 0 Å². The van der Waals surface area contributed by atoms with Gasteiger partial charge in [0.05, 0.1) is 18.2 Å². The van der Waals surface area contributed by atoms with Gasteiger partial charge in [-0.2, -0.15) is 0 Å². The van der Waals surface area contributed by atoms with Crippen molar-refractivity contribution in [1.29, 1.82) is 0 Å². The van der Waals surface area contributed by atoms with Crippen LogP contribution in [0.4, 0.5) is 0 Å². The van der Waals surface area contributed by atoms with Gasteiger partial charge in [-0.05, 0) is 24.3 Å². The number of benzene rings is 1. The zero-order chi connectivity index (χ0) is 14.9. The van der Waals surface area contributed by atoms with Crippen LogP contribution in [-0.2, 0) is 6.54 Å². The maximum Gasteiger partial charge on any atom is 0.277 e. The molecule has 0 amide bonds. The summed E-state index contributed by atoms with van der Waals surface area (Å²) in [5.74, 6) is 1.08. The molecule has 0 bridgehead atoms. The lowest BCUT2D eigenvalue weighted by Gasteiger charge is -2.01. The van der Waals surface area contributed by atoms with Crippen LogP contribution in [0.25, 0.3) is 22.4 Å². The largest absolute Gasteiger partial charge is 0.461 e. The minimum Gasteiger partial charge on any atom is -0.461 e. The first kappa shape index (κ1) is 12.5. The van der Waals surface area contributed by atoms with Crippen molar-refractivity contribution in [2.45, 2.75) is 6.54 Å². The molecule has 7 nitrogen and oxygen atoms in total. The van der Waals surface area contributed by atoms with Crippen molar-refractivity contribution in [3.05, 3.63) is 64.8 Å². The van der Waals surface area contributed by atoms with E-state index in [1.54, 1.807) is 42.7 Å². The van der Waals surface area contributed by atoms with Crippen LogP contribution in [0.1, 0.15) is 5.69 Å². The summed E-state index contributed by atoms with van der Waals surface area (Å²) in [4.78, 5) is 12.4. The number of furan rings is 1. The molecule has 3 aromatic heterocycles. The molecule has 0 radical (unpaired) electrons. The van der Waals surface area contributed by atoms with Crippen molar-refractivity contribution in [3.63, 3.8) is 0 Å². The highest BCUT2D eigenvalue weighted by Gasteiger charge is 2.11. The van der Waals surface area contributed by atoms with E-state index in [2.05, 4.69) is 15.5 Å². The van der Waals surface area contributed by atoms with E-state index >= 15 is 0 Å². The minimum absolute atomic E-state index is 0.181. The van der Waals surface area contributed by atoms with Gasteiger partial charge in [-0.1, -0.05) is 22.5 Å². The molecule has 0 saturated heterocycles. The van der Waals surface area contributed by atoms with E-state index in [1.807, 2.05) is 6.07 Å². The van der Waals surface area contributed by atoms with Gasteiger partial charge in [0.15, 0.2) is 5.76 Å². The Morgan fingerprint density at radius 1 is 1.09 bits per heavy atom. The second kappa shape index (κ2) is 4.96. The number of rotatable bonds is 3. The standard InChI is InChI=1S/C15H10N4O3/c20-15-11-4-1-2-5-12(11)16-18-19(15)9-10-8-14(22-17-10)13-6-3-7-21-13/h1-8H,9H2. The van der Waals surface area contributed by atoms with Crippen molar-refractivity contribution in [1.82, 2.24) is 20.2 Å². The van der Waals surface area contributed by atoms with Crippen LogP contribution in [0.15, 0.2) is 62.5 Å². The normalized spacial score (nSPS) is 11.1. The fraction of sp³-hybridized carbons (Fsp3) is 0.0667. The van der Waals surface area contributed by atoms with E-state index in [0.717, 1.165) is 0 Å². The van der Waals surface area contributed by atoms with Gasteiger partial charge in [0.1, 0.15) is 11.2 Å². The molecular formula is C15H10N4O3. The molecule has 0 spiro atoms. The van der Waals surface area contributed by atoms with Gasteiger partial charge in [-0.25, -0.2) is 4.68 Å². The zero-order valence-corrected chi connectivity index (χ0v) is 11.3. The monoisotopic (exact) mass is 294 g/mol. The highest BCUT2D eigenvalue weighted by molar-refractivity contribution is 5.76. The molecule has 0 unspecified atom stereocenters. The second-order valence-electron chi connectivity index (χ2n) is 4.73. The van der Waals surface area contributed by atoms with Crippen molar-refractivity contribution in [2.24, 2.45) is 0 Å². The molecule has 0 N–H and O–H groups in total. The van der Waals surface area contributed by atoms with E-state index in [1.165, 1.54) is 4.68 Å². The quantitative estimate of drug-likeness (QED) is 0.575. The maximum absolute atomic E-state index is 12.4. The highest BCUT2D eigenvalue weighted by atomic mass is 16.5. The average Bonchev–Trinajstić information content (AvgIpc) is 3.21. The molecule has 0 aliphatic heterocycles. The molecule has 22 heavy (non-hydrogen) atoms. The molecule has 7 heteroatoms. The number of nitrogens with zero attached hydrogens (tertiary/aromatic N) is 4. The molecule has 0 atom stereocenters.